The van der Waals surface area contributed by atoms with Gasteiger partial charge in [0.05, 0.1) is 16.5 Å². The minimum Gasteiger partial charge on any atom is -0.481 e. The number of rotatable bonds is 3. The molecule has 6 heteroatoms. The van der Waals surface area contributed by atoms with Crippen molar-refractivity contribution in [1.82, 2.24) is 10.3 Å². The Kier molecular flexibility index (Phi) is 4.37. The van der Waals surface area contributed by atoms with Crippen molar-refractivity contribution in [1.29, 1.82) is 0 Å². The Hall–Kier alpha value is -1.62. The number of carbonyl (C=O) groups excluding carboxylic acids is 1. The molecular weight excluding hydrogens is 268 g/mol. The molecule has 1 aliphatic carbocycles. The Morgan fingerprint density at radius 1 is 1.37 bits per heavy atom. The number of aliphatic carboxylic acids is 1. The lowest BCUT2D eigenvalue weighted by atomic mass is 9.84. The summed E-state index contributed by atoms with van der Waals surface area (Å²) < 4.78 is 0. The fourth-order valence-corrected chi connectivity index (χ4v) is 2.61. The monoisotopic (exact) mass is 282 g/mol. The first-order valence-electron chi connectivity index (χ1n) is 6.23. The molecule has 2 N–H and O–H groups in total. The summed E-state index contributed by atoms with van der Waals surface area (Å²) in [5, 5.41) is 12.2. The molecule has 1 aromatic heterocycles. The number of amides is 1. The summed E-state index contributed by atoms with van der Waals surface area (Å²) >= 11 is 5.90. The molecule has 0 aromatic carbocycles. The molecule has 2 atom stereocenters. The van der Waals surface area contributed by atoms with Gasteiger partial charge in [-0.2, -0.15) is 0 Å². The molecule has 1 aliphatic rings. The van der Waals surface area contributed by atoms with Gasteiger partial charge in [-0.15, -0.1) is 0 Å². The van der Waals surface area contributed by atoms with Gasteiger partial charge < -0.3 is 10.4 Å². The molecule has 0 radical (unpaired) electrons. The van der Waals surface area contributed by atoms with E-state index in [1.807, 2.05) is 0 Å². The van der Waals surface area contributed by atoms with E-state index in [-0.39, 0.29) is 17.0 Å². The topological polar surface area (TPSA) is 79.3 Å². The fourth-order valence-electron chi connectivity index (χ4n) is 2.40. The summed E-state index contributed by atoms with van der Waals surface area (Å²) in [7, 11) is 0. The number of carbonyl (C=O) groups is 2. The standard InChI is InChI=1S/C13H15ClN2O3/c14-10-7-15-6-5-8(10)12(17)16-11-4-2-1-3-9(11)13(18)19/h5-7,9,11H,1-4H2,(H,16,17)(H,18,19). The quantitative estimate of drug-likeness (QED) is 0.890. The van der Waals surface area contributed by atoms with E-state index in [9.17, 15) is 9.59 Å². The van der Waals surface area contributed by atoms with E-state index in [0.29, 0.717) is 18.4 Å². The van der Waals surface area contributed by atoms with Crippen LogP contribution in [0.3, 0.4) is 0 Å². The normalized spacial score (nSPS) is 22.8. The minimum atomic E-state index is -0.856. The predicted octanol–water partition coefficient (Wildman–Crippen LogP) is 2.11. The summed E-state index contributed by atoms with van der Waals surface area (Å²) in [6, 6.07) is 1.19. The van der Waals surface area contributed by atoms with Gasteiger partial charge in [0.1, 0.15) is 0 Å². The molecule has 1 saturated carbocycles. The summed E-state index contributed by atoms with van der Waals surface area (Å²) in [4.78, 5) is 27.1. The SMILES string of the molecule is O=C(NC1CCCCC1C(=O)O)c1ccncc1Cl. The van der Waals surface area contributed by atoms with Crippen molar-refractivity contribution < 1.29 is 14.7 Å². The van der Waals surface area contributed by atoms with Crippen LogP contribution in [0.4, 0.5) is 0 Å². The molecule has 5 nitrogen and oxygen atoms in total. The van der Waals surface area contributed by atoms with Crippen molar-refractivity contribution in [2.45, 2.75) is 31.7 Å². The summed E-state index contributed by atoms with van der Waals surface area (Å²) in [6.45, 7) is 0. The first-order valence-corrected chi connectivity index (χ1v) is 6.60. The molecule has 19 heavy (non-hydrogen) atoms. The predicted molar refractivity (Wildman–Crippen MR) is 70.1 cm³/mol. The zero-order valence-corrected chi connectivity index (χ0v) is 11.1. The van der Waals surface area contributed by atoms with Gasteiger partial charge in [0.15, 0.2) is 0 Å². The third-order valence-corrected chi connectivity index (χ3v) is 3.72. The largest absolute Gasteiger partial charge is 0.481 e. The Labute approximate surface area is 116 Å². The van der Waals surface area contributed by atoms with Crippen LogP contribution in [0, 0.1) is 5.92 Å². The van der Waals surface area contributed by atoms with E-state index in [1.165, 1.54) is 18.5 Å². The highest BCUT2D eigenvalue weighted by molar-refractivity contribution is 6.33. The van der Waals surface area contributed by atoms with Crippen molar-refractivity contribution in [2.75, 3.05) is 0 Å². The summed E-state index contributed by atoms with van der Waals surface area (Å²) in [5.41, 5.74) is 0.325. The minimum absolute atomic E-state index is 0.266. The molecule has 0 saturated heterocycles. The summed E-state index contributed by atoms with van der Waals surface area (Å²) in [5.74, 6) is -1.71. The van der Waals surface area contributed by atoms with Crippen molar-refractivity contribution in [3.05, 3.63) is 29.0 Å². The third kappa shape index (κ3) is 3.23. The number of aromatic nitrogens is 1. The molecule has 1 heterocycles. The number of carboxylic acid groups (broad SMARTS) is 1. The first kappa shape index (κ1) is 13.8. The van der Waals surface area contributed by atoms with Crippen LogP contribution in [0.1, 0.15) is 36.0 Å². The molecular formula is C13H15ClN2O3. The smallest absolute Gasteiger partial charge is 0.308 e. The zero-order valence-electron chi connectivity index (χ0n) is 10.3. The van der Waals surface area contributed by atoms with Gasteiger partial charge in [0.2, 0.25) is 0 Å². The average Bonchev–Trinajstić information content (AvgIpc) is 2.39. The highest BCUT2D eigenvalue weighted by Crippen LogP contribution is 2.25. The molecule has 0 spiro atoms. The van der Waals surface area contributed by atoms with E-state index in [4.69, 9.17) is 16.7 Å². The van der Waals surface area contributed by atoms with Gasteiger partial charge in [0.25, 0.3) is 5.91 Å². The molecule has 2 unspecified atom stereocenters. The molecule has 2 rings (SSSR count). The van der Waals surface area contributed by atoms with Crippen LogP contribution in [-0.4, -0.2) is 28.0 Å². The maximum Gasteiger partial charge on any atom is 0.308 e. The van der Waals surface area contributed by atoms with Crippen molar-refractivity contribution in [2.24, 2.45) is 5.92 Å². The molecule has 1 fully saturated rings. The first-order chi connectivity index (χ1) is 9.09. The van der Waals surface area contributed by atoms with Gasteiger partial charge in [-0.1, -0.05) is 24.4 Å². The Balaban J connectivity index is 2.09. The maximum absolute atomic E-state index is 12.1. The van der Waals surface area contributed by atoms with E-state index in [0.717, 1.165) is 12.8 Å². The molecule has 0 bridgehead atoms. The number of carboxylic acids is 1. The fraction of sp³-hybridized carbons (Fsp3) is 0.462. The number of hydrogen-bond donors (Lipinski definition) is 2. The van der Waals surface area contributed by atoms with Gasteiger partial charge in [-0.05, 0) is 18.9 Å². The molecule has 0 aliphatic heterocycles. The highest BCUT2D eigenvalue weighted by atomic mass is 35.5. The second kappa shape index (κ2) is 6.02. The third-order valence-electron chi connectivity index (χ3n) is 3.42. The zero-order chi connectivity index (χ0) is 13.8. The number of nitrogens with zero attached hydrogens (tertiary/aromatic N) is 1. The maximum atomic E-state index is 12.1. The van der Waals surface area contributed by atoms with E-state index >= 15 is 0 Å². The van der Waals surface area contributed by atoms with Gasteiger partial charge in [-0.25, -0.2) is 0 Å². The second-order valence-electron chi connectivity index (χ2n) is 4.66. The number of halogens is 1. The lowest BCUT2D eigenvalue weighted by Gasteiger charge is -2.29. The Bertz CT molecular complexity index is 493. The second-order valence-corrected chi connectivity index (χ2v) is 5.07. The molecule has 1 amide bonds. The average molecular weight is 283 g/mol. The van der Waals surface area contributed by atoms with Gasteiger partial charge >= 0.3 is 5.97 Å². The lowest BCUT2D eigenvalue weighted by molar-refractivity contribution is -0.143. The van der Waals surface area contributed by atoms with Crippen LogP contribution < -0.4 is 5.32 Å². The van der Waals surface area contributed by atoms with Crippen LogP contribution in [0.2, 0.25) is 5.02 Å². The Morgan fingerprint density at radius 2 is 2.11 bits per heavy atom. The van der Waals surface area contributed by atoms with Crippen LogP contribution in [0.25, 0.3) is 0 Å². The summed E-state index contributed by atoms with van der Waals surface area (Å²) in [6.07, 6.45) is 5.98. The van der Waals surface area contributed by atoms with Crippen LogP contribution >= 0.6 is 11.6 Å². The van der Waals surface area contributed by atoms with Crippen LogP contribution in [0.5, 0.6) is 0 Å². The van der Waals surface area contributed by atoms with Gasteiger partial charge in [-0.3, -0.25) is 14.6 Å². The lowest BCUT2D eigenvalue weighted by Crippen LogP contribution is -2.45. The van der Waals surface area contributed by atoms with Crippen molar-refractivity contribution in [3.8, 4) is 0 Å². The molecule has 1 aromatic rings. The number of nitrogens with one attached hydrogen (secondary N) is 1. The van der Waals surface area contributed by atoms with Crippen LogP contribution in [0.15, 0.2) is 18.5 Å². The van der Waals surface area contributed by atoms with Gasteiger partial charge in [0, 0.05) is 18.4 Å². The van der Waals surface area contributed by atoms with Crippen LogP contribution in [-0.2, 0) is 4.79 Å². The van der Waals surface area contributed by atoms with Crippen molar-refractivity contribution >= 4 is 23.5 Å². The van der Waals surface area contributed by atoms with E-state index in [1.54, 1.807) is 0 Å². The molecule has 102 valence electrons. The number of hydrogen-bond acceptors (Lipinski definition) is 3. The van der Waals surface area contributed by atoms with Crippen molar-refractivity contribution in [3.63, 3.8) is 0 Å². The van der Waals surface area contributed by atoms with E-state index < -0.39 is 11.9 Å². The highest BCUT2D eigenvalue weighted by Gasteiger charge is 2.32. The number of pyridine rings is 1. The Morgan fingerprint density at radius 3 is 2.79 bits per heavy atom. The van der Waals surface area contributed by atoms with E-state index in [2.05, 4.69) is 10.3 Å².